The molecule has 0 bridgehead atoms. The number of hydrogen-bond acceptors (Lipinski definition) is 1. The van der Waals surface area contributed by atoms with E-state index in [4.69, 9.17) is 0 Å². The van der Waals surface area contributed by atoms with Gasteiger partial charge < -0.3 is 4.90 Å². The molecule has 0 spiro atoms. The van der Waals surface area contributed by atoms with Gasteiger partial charge in [-0.3, -0.25) is 4.79 Å². The highest BCUT2D eigenvalue weighted by Crippen LogP contribution is 2.29. The molecule has 80 valence electrons. The molecule has 0 radical (unpaired) electrons. The third-order valence-electron chi connectivity index (χ3n) is 2.38. The summed E-state index contributed by atoms with van der Waals surface area (Å²) in [6.07, 6.45) is 1.09. The number of carbonyl (C=O) groups is 1. The Hall–Kier alpha value is -0.970. The first-order valence-electron chi connectivity index (χ1n) is 4.55. The smallest absolute Gasteiger partial charge is 0.227 e. The van der Waals surface area contributed by atoms with E-state index in [1.54, 1.807) is 0 Å². The molecule has 0 N–H and O–H groups in total. The van der Waals surface area contributed by atoms with Crippen molar-refractivity contribution >= 4 is 27.5 Å². The Morgan fingerprint density at radius 2 is 2.00 bits per heavy atom. The van der Waals surface area contributed by atoms with Crippen LogP contribution in [0, 0.1) is 11.6 Å². The molecule has 0 aliphatic carbocycles. The Morgan fingerprint density at radius 3 is 2.60 bits per heavy atom. The van der Waals surface area contributed by atoms with Gasteiger partial charge >= 0.3 is 0 Å². The second kappa shape index (κ2) is 3.89. The van der Waals surface area contributed by atoms with E-state index in [0.717, 1.165) is 0 Å². The molecule has 0 saturated carbocycles. The SMILES string of the molecule is O=C1CCCN1c1ccc(Br)c(F)c1F. The molecule has 1 aromatic carbocycles. The van der Waals surface area contributed by atoms with Crippen molar-refractivity contribution in [3.8, 4) is 0 Å². The van der Waals surface area contributed by atoms with E-state index in [2.05, 4.69) is 15.9 Å². The normalized spacial score (nSPS) is 16.2. The second-order valence-corrected chi connectivity index (χ2v) is 4.20. The molecule has 1 heterocycles. The maximum atomic E-state index is 13.5. The minimum atomic E-state index is -0.973. The molecule has 5 heteroatoms. The van der Waals surface area contributed by atoms with E-state index >= 15 is 0 Å². The van der Waals surface area contributed by atoms with Crippen LogP contribution in [-0.4, -0.2) is 12.5 Å². The number of halogens is 3. The summed E-state index contributed by atoms with van der Waals surface area (Å²) in [6, 6.07) is 2.81. The first-order valence-corrected chi connectivity index (χ1v) is 5.34. The standard InChI is InChI=1S/C10H8BrF2NO/c11-6-3-4-7(10(13)9(6)12)14-5-1-2-8(14)15/h3-4H,1-2,5H2. The van der Waals surface area contributed by atoms with Crippen LogP contribution in [0.5, 0.6) is 0 Å². The molecule has 0 aromatic heterocycles. The predicted octanol–water partition coefficient (Wildman–Crippen LogP) is 2.85. The lowest BCUT2D eigenvalue weighted by Crippen LogP contribution is -2.25. The maximum Gasteiger partial charge on any atom is 0.227 e. The van der Waals surface area contributed by atoms with Crippen molar-refractivity contribution < 1.29 is 13.6 Å². The van der Waals surface area contributed by atoms with Crippen molar-refractivity contribution in [3.63, 3.8) is 0 Å². The van der Waals surface area contributed by atoms with Gasteiger partial charge in [0.25, 0.3) is 0 Å². The first kappa shape index (κ1) is 10.5. The molecule has 1 amide bonds. The predicted molar refractivity (Wildman–Crippen MR) is 55.6 cm³/mol. The Labute approximate surface area is 94.0 Å². The summed E-state index contributed by atoms with van der Waals surface area (Å²) in [6.45, 7) is 0.455. The van der Waals surface area contributed by atoms with E-state index in [-0.39, 0.29) is 16.1 Å². The fraction of sp³-hybridized carbons (Fsp3) is 0.300. The third-order valence-corrected chi connectivity index (χ3v) is 2.99. The second-order valence-electron chi connectivity index (χ2n) is 3.34. The number of hydrogen-bond donors (Lipinski definition) is 0. The van der Waals surface area contributed by atoms with Gasteiger partial charge in [-0.2, -0.15) is 0 Å². The summed E-state index contributed by atoms with van der Waals surface area (Å²) in [4.78, 5) is 12.6. The molecule has 1 aliphatic rings. The topological polar surface area (TPSA) is 20.3 Å². The van der Waals surface area contributed by atoms with E-state index in [9.17, 15) is 13.6 Å². The first-order chi connectivity index (χ1) is 7.11. The van der Waals surface area contributed by atoms with Gasteiger partial charge in [0.2, 0.25) is 5.91 Å². The summed E-state index contributed by atoms with van der Waals surface area (Å²) in [5, 5.41) is 0. The zero-order valence-corrected chi connectivity index (χ0v) is 9.35. The van der Waals surface area contributed by atoms with Crippen molar-refractivity contribution in [3.05, 3.63) is 28.2 Å². The average molecular weight is 276 g/mol. The molecule has 15 heavy (non-hydrogen) atoms. The highest BCUT2D eigenvalue weighted by Gasteiger charge is 2.26. The number of rotatable bonds is 1. The van der Waals surface area contributed by atoms with Crippen molar-refractivity contribution in [1.82, 2.24) is 0 Å². The number of carbonyl (C=O) groups excluding carboxylic acids is 1. The number of amides is 1. The monoisotopic (exact) mass is 275 g/mol. The van der Waals surface area contributed by atoms with Crippen LogP contribution < -0.4 is 4.90 Å². The van der Waals surface area contributed by atoms with Crippen molar-refractivity contribution in [2.75, 3.05) is 11.4 Å². The number of nitrogens with zero attached hydrogens (tertiary/aromatic N) is 1. The van der Waals surface area contributed by atoms with E-state index in [1.165, 1.54) is 17.0 Å². The van der Waals surface area contributed by atoms with Crippen LogP contribution in [0.15, 0.2) is 16.6 Å². The summed E-state index contributed by atoms with van der Waals surface area (Å²) >= 11 is 2.89. The van der Waals surface area contributed by atoms with Gasteiger partial charge in [0.1, 0.15) is 0 Å². The van der Waals surface area contributed by atoms with Crippen molar-refractivity contribution in [2.24, 2.45) is 0 Å². The largest absolute Gasteiger partial charge is 0.310 e. The Morgan fingerprint density at radius 1 is 1.27 bits per heavy atom. The molecule has 1 aromatic rings. The van der Waals surface area contributed by atoms with Gasteiger partial charge in [0.05, 0.1) is 10.2 Å². The summed E-state index contributed by atoms with van der Waals surface area (Å²) in [5.41, 5.74) is 0.0261. The average Bonchev–Trinajstić information content (AvgIpc) is 2.62. The fourth-order valence-corrected chi connectivity index (χ4v) is 1.93. The van der Waals surface area contributed by atoms with Crippen LogP contribution in [0.2, 0.25) is 0 Å². The lowest BCUT2D eigenvalue weighted by Gasteiger charge is -2.16. The lowest BCUT2D eigenvalue weighted by atomic mass is 10.2. The molecule has 1 saturated heterocycles. The van der Waals surface area contributed by atoms with Gasteiger partial charge in [-0.25, -0.2) is 8.78 Å². The van der Waals surface area contributed by atoms with Crippen LogP contribution >= 0.6 is 15.9 Å². The Balaban J connectivity index is 2.45. The summed E-state index contributed by atoms with van der Waals surface area (Å²) < 4.78 is 26.8. The number of anilines is 1. The highest BCUT2D eigenvalue weighted by atomic mass is 79.9. The Kier molecular flexibility index (Phi) is 2.73. The zero-order valence-electron chi connectivity index (χ0n) is 7.77. The summed E-state index contributed by atoms with van der Waals surface area (Å²) in [7, 11) is 0. The minimum Gasteiger partial charge on any atom is -0.310 e. The Bertz CT molecular complexity index is 422. The molecule has 0 atom stereocenters. The fourth-order valence-electron chi connectivity index (χ4n) is 1.63. The van der Waals surface area contributed by atoms with Crippen molar-refractivity contribution in [2.45, 2.75) is 12.8 Å². The van der Waals surface area contributed by atoms with Crippen LogP contribution in [0.1, 0.15) is 12.8 Å². The third kappa shape index (κ3) is 1.76. The van der Waals surface area contributed by atoms with E-state index in [0.29, 0.717) is 19.4 Å². The zero-order chi connectivity index (χ0) is 11.0. The maximum absolute atomic E-state index is 13.5. The van der Waals surface area contributed by atoms with Gasteiger partial charge in [-0.15, -0.1) is 0 Å². The highest BCUT2D eigenvalue weighted by molar-refractivity contribution is 9.10. The van der Waals surface area contributed by atoms with Crippen LogP contribution in [0.3, 0.4) is 0 Å². The molecular weight excluding hydrogens is 268 g/mol. The number of benzene rings is 1. The summed E-state index contributed by atoms with van der Waals surface area (Å²) in [5.74, 6) is -2.08. The lowest BCUT2D eigenvalue weighted by molar-refractivity contribution is -0.117. The van der Waals surface area contributed by atoms with Crippen LogP contribution in [0.25, 0.3) is 0 Å². The van der Waals surface area contributed by atoms with Gasteiger partial charge in [-0.1, -0.05) is 0 Å². The van der Waals surface area contributed by atoms with Gasteiger partial charge in [-0.05, 0) is 34.5 Å². The van der Waals surface area contributed by atoms with Gasteiger partial charge in [0, 0.05) is 13.0 Å². The molecule has 2 rings (SSSR count). The van der Waals surface area contributed by atoms with E-state index in [1.807, 2.05) is 0 Å². The van der Waals surface area contributed by atoms with Gasteiger partial charge in [0.15, 0.2) is 11.6 Å². The quantitative estimate of drug-likeness (QED) is 0.722. The van der Waals surface area contributed by atoms with Crippen LogP contribution in [-0.2, 0) is 4.79 Å². The molecule has 0 unspecified atom stereocenters. The van der Waals surface area contributed by atoms with E-state index < -0.39 is 11.6 Å². The molecule has 2 nitrogen and oxygen atoms in total. The molecular formula is C10H8BrF2NO. The molecule has 1 aliphatic heterocycles. The van der Waals surface area contributed by atoms with Crippen molar-refractivity contribution in [1.29, 1.82) is 0 Å². The minimum absolute atomic E-state index is 0.0261. The van der Waals surface area contributed by atoms with Crippen LogP contribution in [0.4, 0.5) is 14.5 Å². The molecule has 1 fully saturated rings.